The van der Waals surface area contributed by atoms with Crippen LogP contribution in [0.3, 0.4) is 0 Å². The predicted molar refractivity (Wildman–Crippen MR) is 77.0 cm³/mol. The van der Waals surface area contributed by atoms with Gasteiger partial charge in [0.05, 0.1) is 11.7 Å². The minimum absolute atomic E-state index is 0.112. The van der Waals surface area contributed by atoms with Crippen molar-refractivity contribution < 1.29 is 23.1 Å². The lowest BCUT2D eigenvalue weighted by Crippen LogP contribution is -2.33. The first kappa shape index (κ1) is 17.8. The summed E-state index contributed by atoms with van der Waals surface area (Å²) in [6, 6.07) is 4.47. The number of hydrogen-bond donors (Lipinski definition) is 2. The van der Waals surface area contributed by atoms with Gasteiger partial charge in [0.2, 0.25) is 5.91 Å². The maximum atomic E-state index is 12.6. The van der Waals surface area contributed by atoms with Crippen molar-refractivity contribution >= 4 is 17.7 Å². The van der Waals surface area contributed by atoms with Crippen LogP contribution in [0.15, 0.2) is 24.3 Å². The molecule has 0 aliphatic rings. The minimum Gasteiger partial charge on any atom is -0.387 e. The van der Waals surface area contributed by atoms with Crippen molar-refractivity contribution in [2.45, 2.75) is 19.2 Å². The van der Waals surface area contributed by atoms with E-state index >= 15 is 0 Å². The van der Waals surface area contributed by atoms with Gasteiger partial charge in [0.25, 0.3) is 0 Å². The number of thioether (sulfide) groups is 1. The molecule has 2 N–H and O–H groups in total. The van der Waals surface area contributed by atoms with E-state index in [9.17, 15) is 23.1 Å². The molecule has 0 radical (unpaired) electrons. The molecule has 1 aromatic rings. The molecule has 2 atom stereocenters. The highest BCUT2D eigenvalue weighted by molar-refractivity contribution is 7.98. The number of hydrogen-bond acceptors (Lipinski definition) is 3. The zero-order chi connectivity index (χ0) is 16.0. The molecule has 0 saturated carbocycles. The van der Waals surface area contributed by atoms with Crippen LogP contribution in [0.1, 0.15) is 24.2 Å². The molecule has 118 valence electrons. The van der Waals surface area contributed by atoms with Crippen molar-refractivity contribution in [3.63, 3.8) is 0 Å². The van der Waals surface area contributed by atoms with E-state index in [1.165, 1.54) is 23.9 Å². The summed E-state index contributed by atoms with van der Waals surface area (Å²) in [7, 11) is 0. The van der Waals surface area contributed by atoms with Crippen molar-refractivity contribution in [1.82, 2.24) is 5.32 Å². The Kier molecular flexibility index (Phi) is 6.54. The van der Waals surface area contributed by atoms with Crippen molar-refractivity contribution in [3.8, 4) is 0 Å². The summed E-state index contributed by atoms with van der Waals surface area (Å²) in [5.74, 6) is 0.204. The van der Waals surface area contributed by atoms with Crippen LogP contribution in [0, 0.1) is 5.92 Å². The summed E-state index contributed by atoms with van der Waals surface area (Å²) in [5.41, 5.74) is -0.691. The van der Waals surface area contributed by atoms with E-state index in [4.69, 9.17) is 0 Å². The summed E-state index contributed by atoms with van der Waals surface area (Å²) in [5, 5.41) is 12.4. The standard InChI is InChI=1S/C14H18F3NO2S/c1-9(8-21-2)13(20)18-7-12(19)10-4-3-5-11(6-10)14(15,16)17/h3-6,9,12,19H,7-8H2,1-2H3,(H,18,20). The molecular formula is C14H18F3NO2S. The van der Waals surface area contributed by atoms with Gasteiger partial charge in [-0.2, -0.15) is 24.9 Å². The number of halogens is 3. The van der Waals surface area contributed by atoms with Gasteiger partial charge in [-0.3, -0.25) is 4.79 Å². The third kappa shape index (κ3) is 5.59. The first-order chi connectivity index (χ1) is 9.75. The van der Waals surface area contributed by atoms with Crippen molar-refractivity contribution in [1.29, 1.82) is 0 Å². The van der Waals surface area contributed by atoms with E-state index in [1.54, 1.807) is 6.92 Å². The highest BCUT2D eigenvalue weighted by Crippen LogP contribution is 2.30. The van der Waals surface area contributed by atoms with Crippen LogP contribution in [-0.4, -0.2) is 29.6 Å². The molecule has 0 aliphatic heterocycles. The summed E-state index contributed by atoms with van der Waals surface area (Å²) in [6.45, 7) is 1.64. The van der Waals surface area contributed by atoms with E-state index in [0.29, 0.717) is 5.75 Å². The lowest BCUT2D eigenvalue weighted by Gasteiger charge is -2.16. The third-order valence-corrected chi connectivity index (χ3v) is 3.77. The maximum absolute atomic E-state index is 12.6. The molecule has 0 aliphatic carbocycles. The molecule has 1 rings (SSSR count). The zero-order valence-corrected chi connectivity index (χ0v) is 12.6. The van der Waals surface area contributed by atoms with Crippen LogP contribution in [0.4, 0.5) is 13.2 Å². The van der Waals surface area contributed by atoms with Gasteiger partial charge in [-0.15, -0.1) is 0 Å². The molecule has 1 aromatic carbocycles. The molecule has 3 nitrogen and oxygen atoms in total. The van der Waals surface area contributed by atoms with Crippen molar-refractivity contribution in [2.75, 3.05) is 18.6 Å². The first-order valence-corrected chi connectivity index (χ1v) is 7.77. The van der Waals surface area contributed by atoms with Crippen LogP contribution in [0.25, 0.3) is 0 Å². The van der Waals surface area contributed by atoms with Crippen molar-refractivity contribution in [3.05, 3.63) is 35.4 Å². The molecule has 1 amide bonds. The molecule has 0 fully saturated rings. The van der Waals surface area contributed by atoms with E-state index in [2.05, 4.69) is 5.32 Å². The van der Waals surface area contributed by atoms with Crippen LogP contribution in [0.2, 0.25) is 0 Å². The SMILES string of the molecule is CSCC(C)C(=O)NCC(O)c1cccc(C(F)(F)F)c1. The number of amides is 1. The Bertz CT molecular complexity index is 480. The maximum Gasteiger partial charge on any atom is 0.416 e. The Morgan fingerprint density at radius 3 is 2.67 bits per heavy atom. The Morgan fingerprint density at radius 1 is 1.43 bits per heavy atom. The lowest BCUT2D eigenvalue weighted by molar-refractivity contribution is -0.137. The van der Waals surface area contributed by atoms with Gasteiger partial charge < -0.3 is 10.4 Å². The third-order valence-electron chi connectivity index (χ3n) is 2.93. The average molecular weight is 321 g/mol. The van der Waals surface area contributed by atoms with Gasteiger partial charge in [-0.1, -0.05) is 19.1 Å². The van der Waals surface area contributed by atoms with Crippen LogP contribution in [0.5, 0.6) is 0 Å². The summed E-state index contributed by atoms with van der Waals surface area (Å²) < 4.78 is 37.7. The Labute approximate surface area is 125 Å². The highest BCUT2D eigenvalue weighted by Gasteiger charge is 2.30. The van der Waals surface area contributed by atoms with Gasteiger partial charge in [-0.05, 0) is 24.0 Å². The van der Waals surface area contributed by atoms with E-state index in [-0.39, 0.29) is 23.9 Å². The van der Waals surface area contributed by atoms with Gasteiger partial charge in [0.15, 0.2) is 0 Å². The van der Waals surface area contributed by atoms with Gasteiger partial charge in [-0.25, -0.2) is 0 Å². The molecule has 21 heavy (non-hydrogen) atoms. The highest BCUT2D eigenvalue weighted by atomic mass is 32.2. The fourth-order valence-corrected chi connectivity index (χ4v) is 2.39. The van der Waals surface area contributed by atoms with Crippen LogP contribution < -0.4 is 5.32 Å². The monoisotopic (exact) mass is 321 g/mol. The van der Waals surface area contributed by atoms with Gasteiger partial charge in [0, 0.05) is 18.2 Å². The fourth-order valence-electron chi connectivity index (χ4n) is 1.74. The molecular weight excluding hydrogens is 303 g/mol. The molecule has 0 aromatic heterocycles. The number of carbonyl (C=O) groups is 1. The minimum atomic E-state index is -4.45. The van der Waals surface area contributed by atoms with Gasteiger partial charge >= 0.3 is 6.18 Å². The summed E-state index contributed by atoms with van der Waals surface area (Å²) in [4.78, 5) is 11.7. The molecule has 0 spiro atoms. The smallest absolute Gasteiger partial charge is 0.387 e. The molecule has 7 heteroatoms. The van der Waals surface area contributed by atoms with Crippen LogP contribution in [-0.2, 0) is 11.0 Å². The number of rotatable bonds is 6. The number of carbonyl (C=O) groups excluding carboxylic acids is 1. The Morgan fingerprint density at radius 2 is 2.10 bits per heavy atom. The first-order valence-electron chi connectivity index (χ1n) is 6.37. The predicted octanol–water partition coefficient (Wildman–Crippen LogP) is 2.85. The number of benzene rings is 1. The van der Waals surface area contributed by atoms with E-state index in [1.807, 2.05) is 6.26 Å². The lowest BCUT2D eigenvalue weighted by atomic mass is 10.1. The van der Waals surface area contributed by atoms with E-state index in [0.717, 1.165) is 12.1 Å². The van der Waals surface area contributed by atoms with Crippen LogP contribution >= 0.6 is 11.8 Å². The second-order valence-electron chi connectivity index (χ2n) is 4.74. The average Bonchev–Trinajstić information content (AvgIpc) is 2.43. The Hall–Kier alpha value is -1.21. The number of aliphatic hydroxyl groups is 1. The summed E-state index contributed by atoms with van der Waals surface area (Å²) >= 11 is 1.53. The second kappa shape index (κ2) is 7.70. The number of alkyl halides is 3. The number of aliphatic hydroxyl groups excluding tert-OH is 1. The molecule has 2 unspecified atom stereocenters. The quantitative estimate of drug-likeness (QED) is 0.847. The molecule has 0 bridgehead atoms. The summed E-state index contributed by atoms with van der Waals surface area (Å²) in [6.07, 6.45) is -3.75. The fraction of sp³-hybridized carbons (Fsp3) is 0.500. The van der Waals surface area contributed by atoms with Gasteiger partial charge in [0.1, 0.15) is 0 Å². The molecule has 0 heterocycles. The zero-order valence-electron chi connectivity index (χ0n) is 11.8. The Balaban J connectivity index is 2.64. The topological polar surface area (TPSA) is 49.3 Å². The number of nitrogens with one attached hydrogen (secondary N) is 1. The normalized spacial score (nSPS) is 14.6. The molecule has 0 saturated heterocycles. The van der Waals surface area contributed by atoms with Crippen molar-refractivity contribution in [2.24, 2.45) is 5.92 Å². The van der Waals surface area contributed by atoms with E-state index < -0.39 is 17.8 Å². The second-order valence-corrected chi connectivity index (χ2v) is 5.65. The largest absolute Gasteiger partial charge is 0.416 e.